The maximum absolute atomic E-state index is 12.0. The molecule has 18 heavy (non-hydrogen) atoms. The van der Waals surface area contributed by atoms with Crippen molar-refractivity contribution in [3.05, 3.63) is 27.7 Å². The average Bonchev–Trinajstić information content (AvgIpc) is 2.34. The second kappa shape index (κ2) is 6.53. The van der Waals surface area contributed by atoms with Crippen LogP contribution >= 0.6 is 23.2 Å². The van der Waals surface area contributed by atoms with Gasteiger partial charge < -0.3 is 11.1 Å². The average molecular weight is 285 g/mol. The molecule has 0 aliphatic carbocycles. The Hall–Kier alpha value is -1.37. The van der Waals surface area contributed by atoms with E-state index in [-0.39, 0.29) is 27.7 Å². The molecule has 3 N–H and O–H groups in total. The van der Waals surface area contributed by atoms with E-state index < -0.39 is 0 Å². The summed E-state index contributed by atoms with van der Waals surface area (Å²) in [7, 11) is 0. The van der Waals surface area contributed by atoms with Crippen LogP contribution < -0.4 is 11.1 Å². The van der Waals surface area contributed by atoms with E-state index in [9.17, 15) is 4.79 Å². The number of hydrogen-bond donors (Lipinski definition) is 2. The van der Waals surface area contributed by atoms with Crippen LogP contribution in [0, 0.1) is 12.3 Å². The molecule has 0 saturated heterocycles. The summed E-state index contributed by atoms with van der Waals surface area (Å²) in [5.74, 6) is 2.26. The van der Waals surface area contributed by atoms with Gasteiger partial charge in [-0.2, -0.15) is 0 Å². The summed E-state index contributed by atoms with van der Waals surface area (Å²) < 4.78 is 0. The minimum atomic E-state index is -0.262. The van der Waals surface area contributed by atoms with E-state index >= 15 is 0 Å². The predicted octanol–water partition coefficient (Wildman–Crippen LogP) is 3.11. The third-order valence-electron chi connectivity index (χ3n) is 2.51. The standard InChI is InChI=1S/C13H14Cl2N2O/c1-3-5-9(4-2)17-13(18)8-6-10(14)12(15)11(16)7-8/h1,6-7,9H,4-5,16H2,2H3,(H,17,18). The van der Waals surface area contributed by atoms with Gasteiger partial charge in [-0.1, -0.05) is 30.1 Å². The van der Waals surface area contributed by atoms with Crippen LogP contribution in [-0.2, 0) is 0 Å². The van der Waals surface area contributed by atoms with E-state index in [1.165, 1.54) is 12.1 Å². The predicted molar refractivity (Wildman–Crippen MR) is 75.9 cm³/mol. The quantitative estimate of drug-likeness (QED) is 0.659. The summed E-state index contributed by atoms with van der Waals surface area (Å²) in [5.41, 5.74) is 6.30. The molecule has 0 heterocycles. The van der Waals surface area contributed by atoms with Crippen molar-refractivity contribution in [1.29, 1.82) is 0 Å². The van der Waals surface area contributed by atoms with E-state index in [0.717, 1.165) is 6.42 Å². The molecule has 0 aromatic heterocycles. The lowest BCUT2D eigenvalue weighted by atomic mass is 10.1. The first-order valence-electron chi connectivity index (χ1n) is 5.48. The van der Waals surface area contributed by atoms with Gasteiger partial charge in [-0.05, 0) is 18.6 Å². The van der Waals surface area contributed by atoms with Crippen molar-refractivity contribution < 1.29 is 4.79 Å². The fourth-order valence-corrected chi connectivity index (χ4v) is 1.79. The van der Waals surface area contributed by atoms with Crippen LogP contribution in [0.2, 0.25) is 10.0 Å². The first-order valence-corrected chi connectivity index (χ1v) is 6.24. The zero-order valence-electron chi connectivity index (χ0n) is 9.97. The third kappa shape index (κ3) is 3.56. The number of terminal acetylenes is 1. The lowest BCUT2D eigenvalue weighted by molar-refractivity contribution is 0.0937. The Morgan fingerprint density at radius 1 is 1.56 bits per heavy atom. The number of carbonyl (C=O) groups excluding carboxylic acids is 1. The summed E-state index contributed by atoms with van der Waals surface area (Å²) in [6, 6.07) is 2.92. The van der Waals surface area contributed by atoms with E-state index in [1.807, 2.05) is 6.92 Å². The molecule has 1 aromatic rings. The highest BCUT2D eigenvalue weighted by molar-refractivity contribution is 6.43. The van der Waals surface area contributed by atoms with Crippen molar-refractivity contribution in [2.75, 3.05) is 5.73 Å². The van der Waals surface area contributed by atoms with Crippen molar-refractivity contribution in [3.63, 3.8) is 0 Å². The minimum absolute atomic E-state index is 0.0572. The lowest BCUT2D eigenvalue weighted by Crippen LogP contribution is -2.34. The highest BCUT2D eigenvalue weighted by Crippen LogP contribution is 2.29. The number of nitrogen functional groups attached to an aromatic ring is 1. The number of halogens is 2. The fourth-order valence-electron chi connectivity index (χ4n) is 1.45. The Morgan fingerprint density at radius 3 is 2.72 bits per heavy atom. The maximum Gasteiger partial charge on any atom is 0.251 e. The van der Waals surface area contributed by atoms with Crippen molar-refractivity contribution in [2.45, 2.75) is 25.8 Å². The normalized spacial score (nSPS) is 11.7. The van der Waals surface area contributed by atoms with Crippen LogP contribution in [-0.4, -0.2) is 11.9 Å². The topological polar surface area (TPSA) is 55.1 Å². The summed E-state index contributed by atoms with van der Waals surface area (Å²) in [6.45, 7) is 1.95. The van der Waals surface area contributed by atoms with Crippen LogP contribution in [0.5, 0.6) is 0 Å². The van der Waals surface area contributed by atoms with Crippen molar-refractivity contribution in [3.8, 4) is 12.3 Å². The zero-order chi connectivity index (χ0) is 13.7. The smallest absolute Gasteiger partial charge is 0.251 e. The summed E-state index contributed by atoms with van der Waals surface area (Å²) in [4.78, 5) is 12.0. The Balaban J connectivity index is 2.88. The molecular weight excluding hydrogens is 271 g/mol. The molecule has 0 fully saturated rings. The number of hydrogen-bond acceptors (Lipinski definition) is 2. The second-order valence-corrected chi connectivity index (χ2v) is 4.63. The number of nitrogens with two attached hydrogens (primary N) is 1. The molecule has 1 aromatic carbocycles. The number of benzene rings is 1. The molecule has 1 atom stereocenters. The van der Waals surface area contributed by atoms with Crippen molar-refractivity contribution in [1.82, 2.24) is 5.32 Å². The first-order chi connectivity index (χ1) is 8.49. The molecule has 1 amide bonds. The van der Waals surface area contributed by atoms with Crippen LogP contribution in [0.3, 0.4) is 0 Å². The molecule has 0 bridgehead atoms. The van der Waals surface area contributed by atoms with Crippen LogP contribution in [0.1, 0.15) is 30.1 Å². The Kier molecular flexibility index (Phi) is 5.33. The Morgan fingerprint density at radius 2 is 2.22 bits per heavy atom. The van der Waals surface area contributed by atoms with Gasteiger partial charge in [0, 0.05) is 18.0 Å². The fraction of sp³-hybridized carbons (Fsp3) is 0.308. The largest absolute Gasteiger partial charge is 0.397 e. The van der Waals surface area contributed by atoms with E-state index in [2.05, 4.69) is 11.2 Å². The second-order valence-electron chi connectivity index (χ2n) is 3.85. The summed E-state index contributed by atoms with van der Waals surface area (Å²) in [6.07, 6.45) is 6.47. The molecule has 96 valence electrons. The van der Waals surface area contributed by atoms with Gasteiger partial charge in [0.1, 0.15) is 0 Å². The molecule has 0 spiro atoms. The van der Waals surface area contributed by atoms with Gasteiger partial charge in [0.15, 0.2) is 0 Å². The zero-order valence-corrected chi connectivity index (χ0v) is 11.5. The van der Waals surface area contributed by atoms with Gasteiger partial charge in [0.05, 0.1) is 15.7 Å². The highest BCUT2D eigenvalue weighted by Gasteiger charge is 2.14. The molecule has 3 nitrogen and oxygen atoms in total. The Labute approximate surface area is 117 Å². The van der Waals surface area contributed by atoms with E-state index in [0.29, 0.717) is 12.0 Å². The Bertz CT molecular complexity index is 471. The maximum atomic E-state index is 12.0. The molecule has 1 rings (SSSR count). The molecule has 0 saturated carbocycles. The third-order valence-corrected chi connectivity index (χ3v) is 3.33. The number of nitrogens with one attached hydrogen (secondary N) is 1. The van der Waals surface area contributed by atoms with Gasteiger partial charge in [-0.3, -0.25) is 4.79 Å². The van der Waals surface area contributed by atoms with Gasteiger partial charge in [-0.25, -0.2) is 0 Å². The molecular formula is C13H14Cl2N2O. The van der Waals surface area contributed by atoms with E-state index in [1.54, 1.807) is 0 Å². The molecule has 0 aliphatic rings. The number of rotatable bonds is 4. The SMILES string of the molecule is C#CCC(CC)NC(=O)c1cc(N)c(Cl)c(Cl)c1. The number of anilines is 1. The van der Waals surface area contributed by atoms with Crippen molar-refractivity contribution in [2.24, 2.45) is 0 Å². The first kappa shape index (κ1) is 14.7. The van der Waals surface area contributed by atoms with Gasteiger partial charge in [-0.15, -0.1) is 12.3 Å². The monoisotopic (exact) mass is 284 g/mol. The molecule has 0 radical (unpaired) electrons. The summed E-state index contributed by atoms with van der Waals surface area (Å²) >= 11 is 11.7. The van der Waals surface area contributed by atoms with Gasteiger partial charge in [0.25, 0.3) is 5.91 Å². The number of carbonyl (C=O) groups is 1. The van der Waals surface area contributed by atoms with Crippen LogP contribution in [0.4, 0.5) is 5.69 Å². The molecule has 5 heteroatoms. The van der Waals surface area contributed by atoms with Gasteiger partial charge in [0.2, 0.25) is 0 Å². The molecule has 1 unspecified atom stereocenters. The number of amides is 1. The highest BCUT2D eigenvalue weighted by atomic mass is 35.5. The van der Waals surface area contributed by atoms with Crippen LogP contribution in [0.25, 0.3) is 0 Å². The minimum Gasteiger partial charge on any atom is -0.397 e. The molecule has 0 aliphatic heterocycles. The van der Waals surface area contributed by atoms with Crippen LogP contribution in [0.15, 0.2) is 12.1 Å². The van der Waals surface area contributed by atoms with Gasteiger partial charge >= 0.3 is 0 Å². The van der Waals surface area contributed by atoms with Crippen molar-refractivity contribution >= 4 is 34.8 Å². The van der Waals surface area contributed by atoms with E-state index in [4.69, 9.17) is 35.4 Å². The summed E-state index contributed by atoms with van der Waals surface area (Å²) in [5, 5.41) is 3.33. The lowest BCUT2D eigenvalue weighted by Gasteiger charge is -2.14.